The summed E-state index contributed by atoms with van der Waals surface area (Å²) in [5.74, 6) is -0.884. The van der Waals surface area contributed by atoms with Crippen molar-refractivity contribution >= 4 is 17.4 Å². The average molecular weight is 429 g/mol. The topological polar surface area (TPSA) is 98.4 Å². The molecule has 1 aliphatic rings. The van der Waals surface area contributed by atoms with E-state index in [0.29, 0.717) is 30.3 Å². The second-order valence-electron chi connectivity index (χ2n) is 7.32. The summed E-state index contributed by atoms with van der Waals surface area (Å²) in [6, 6.07) is 7.44. The molecule has 1 saturated heterocycles. The predicted octanol–water partition coefficient (Wildman–Crippen LogP) is 3.53. The molecule has 2 heterocycles. The second-order valence-corrected chi connectivity index (χ2v) is 7.32. The number of ketones is 1. The number of ether oxygens (including phenoxy) is 3. The van der Waals surface area contributed by atoms with E-state index in [1.807, 2.05) is 13.8 Å². The molecule has 166 valence electrons. The first-order valence-electron chi connectivity index (χ1n) is 10.1. The van der Waals surface area contributed by atoms with Crippen molar-refractivity contribution in [2.24, 2.45) is 0 Å². The summed E-state index contributed by atoms with van der Waals surface area (Å²) < 4.78 is 21.8. The molecule has 0 spiro atoms. The third-order valence-electron chi connectivity index (χ3n) is 5.01. The van der Waals surface area contributed by atoms with Crippen LogP contribution < -0.4 is 9.47 Å². The minimum Gasteiger partial charge on any atom is -0.506 e. The van der Waals surface area contributed by atoms with Crippen LogP contribution in [-0.2, 0) is 14.3 Å². The fraction of sp³-hybridized carbons (Fsp3) is 0.391. The number of amides is 1. The van der Waals surface area contributed by atoms with Crippen molar-refractivity contribution in [3.8, 4) is 11.5 Å². The van der Waals surface area contributed by atoms with E-state index in [1.54, 1.807) is 30.3 Å². The fourth-order valence-electron chi connectivity index (χ4n) is 3.63. The van der Waals surface area contributed by atoms with E-state index in [2.05, 4.69) is 0 Å². The maximum absolute atomic E-state index is 13.0. The Hall–Kier alpha value is -3.26. The van der Waals surface area contributed by atoms with Gasteiger partial charge in [0.05, 0.1) is 32.2 Å². The van der Waals surface area contributed by atoms with Gasteiger partial charge in [0.1, 0.15) is 34.6 Å². The van der Waals surface area contributed by atoms with Crippen LogP contribution in [0.5, 0.6) is 11.5 Å². The zero-order chi connectivity index (χ0) is 22.5. The Morgan fingerprint density at radius 3 is 2.35 bits per heavy atom. The number of nitrogens with zero attached hydrogens (tertiary/aromatic N) is 1. The molecule has 1 amide bonds. The summed E-state index contributed by atoms with van der Waals surface area (Å²) in [4.78, 5) is 27.3. The van der Waals surface area contributed by atoms with Crippen molar-refractivity contribution in [3.05, 3.63) is 53.5 Å². The van der Waals surface area contributed by atoms with Gasteiger partial charge in [0.25, 0.3) is 11.7 Å². The lowest BCUT2D eigenvalue weighted by molar-refractivity contribution is -0.140. The van der Waals surface area contributed by atoms with E-state index in [4.69, 9.17) is 18.6 Å². The molecule has 0 bridgehead atoms. The Morgan fingerprint density at radius 1 is 1.13 bits per heavy atom. The van der Waals surface area contributed by atoms with Gasteiger partial charge in [0.2, 0.25) is 0 Å². The summed E-state index contributed by atoms with van der Waals surface area (Å²) in [5.41, 5.74) is 0.123. The number of carbonyl (C=O) groups excluding carboxylic acids is 2. The molecule has 3 rings (SSSR count). The lowest BCUT2D eigenvalue weighted by Gasteiger charge is -2.23. The number of hydrogen-bond acceptors (Lipinski definition) is 7. The van der Waals surface area contributed by atoms with Gasteiger partial charge >= 0.3 is 0 Å². The number of aliphatic hydroxyl groups is 1. The van der Waals surface area contributed by atoms with Crippen LogP contribution in [0.2, 0.25) is 0 Å². The van der Waals surface area contributed by atoms with Crippen LogP contribution in [0.1, 0.15) is 37.6 Å². The molecule has 2 aromatic rings. The van der Waals surface area contributed by atoms with Crippen LogP contribution in [0.25, 0.3) is 5.76 Å². The maximum Gasteiger partial charge on any atom is 0.295 e. The summed E-state index contributed by atoms with van der Waals surface area (Å²) in [5, 5.41) is 11.2. The van der Waals surface area contributed by atoms with Gasteiger partial charge in [0, 0.05) is 13.2 Å². The summed E-state index contributed by atoms with van der Waals surface area (Å²) in [6.45, 7) is 4.56. The molecule has 1 aliphatic heterocycles. The monoisotopic (exact) mass is 429 g/mol. The quantitative estimate of drug-likeness (QED) is 0.282. The molecular formula is C23H27NO7. The molecule has 8 nitrogen and oxygen atoms in total. The number of furan rings is 1. The number of methoxy groups -OCH3 is 2. The molecule has 1 atom stereocenters. The van der Waals surface area contributed by atoms with Gasteiger partial charge in [-0.15, -0.1) is 0 Å². The van der Waals surface area contributed by atoms with E-state index < -0.39 is 17.7 Å². The standard InChI is InChI=1S/C23H27NO7/c1-14(2)30-13-7-11-24-20(17-10-6-12-31-17)19(22(26)23(24)27)21(25)18-15(28-3)8-5-9-16(18)29-4/h5-6,8-10,12,14,20,25H,7,11,13H2,1-4H3/b21-19+. The lowest BCUT2D eigenvalue weighted by atomic mass is 9.98. The zero-order valence-corrected chi connectivity index (χ0v) is 18.1. The Balaban J connectivity index is 2.08. The van der Waals surface area contributed by atoms with Crippen molar-refractivity contribution in [1.29, 1.82) is 0 Å². The third-order valence-corrected chi connectivity index (χ3v) is 5.01. The third kappa shape index (κ3) is 4.44. The minimum absolute atomic E-state index is 0.0642. The second kappa shape index (κ2) is 9.70. The van der Waals surface area contributed by atoms with Crippen LogP contribution in [0.4, 0.5) is 0 Å². The van der Waals surface area contributed by atoms with Crippen molar-refractivity contribution in [2.45, 2.75) is 32.4 Å². The number of rotatable bonds is 9. The molecule has 1 aromatic carbocycles. The summed E-state index contributed by atoms with van der Waals surface area (Å²) in [7, 11) is 2.89. The zero-order valence-electron chi connectivity index (χ0n) is 18.1. The molecular weight excluding hydrogens is 402 g/mol. The highest BCUT2D eigenvalue weighted by Crippen LogP contribution is 2.43. The van der Waals surface area contributed by atoms with Crippen molar-refractivity contribution in [2.75, 3.05) is 27.4 Å². The molecule has 0 saturated carbocycles. The Labute approximate surface area is 181 Å². The van der Waals surface area contributed by atoms with Gasteiger partial charge in [-0.1, -0.05) is 6.07 Å². The highest BCUT2D eigenvalue weighted by Gasteiger charge is 2.47. The first-order chi connectivity index (χ1) is 14.9. The average Bonchev–Trinajstić information content (AvgIpc) is 3.37. The number of hydrogen-bond donors (Lipinski definition) is 1. The van der Waals surface area contributed by atoms with E-state index in [1.165, 1.54) is 25.4 Å². The SMILES string of the molecule is COc1cccc(OC)c1/C(O)=C1\C(=O)C(=O)N(CCCOC(C)C)C1c1ccco1. The first kappa shape index (κ1) is 22.4. The highest BCUT2D eigenvalue weighted by molar-refractivity contribution is 6.46. The smallest absolute Gasteiger partial charge is 0.295 e. The normalized spacial score (nSPS) is 18.1. The van der Waals surface area contributed by atoms with E-state index in [9.17, 15) is 14.7 Å². The number of carbonyl (C=O) groups is 2. The van der Waals surface area contributed by atoms with Crippen molar-refractivity contribution < 1.29 is 33.3 Å². The number of aliphatic hydroxyl groups excluding tert-OH is 1. The number of Topliss-reactive ketones (excluding diaryl/α,β-unsaturated/α-hetero) is 1. The maximum atomic E-state index is 13.0. The van der Waals surface area contributed by atoms with E-state index in [-0.39, 0.29) is 29.5 Å². The Morgan fingerprint density at radius 2 is 1.81 bits per heavy atom. The molecule has 0 radical (unpaired) electrons. The van der Waals surface area contributed by atoms with Gasteiger partial charge in [0.15, 0.2) is 0 Å². The molecule has 1 aromatic heterocycles. The highest BCUT2D eigenvalue weighted by atomic mass is 16.5. The molecule has 0 aliphatic carbocycles. The van der Waals surface area contributed by atoms with Gasteiger partial charge in [-0.3, -0.25) is 9.59 Å². The van der Waals surface area contributed by atoms with Crippen LogP contribution >= 0.6 is 0 Å². The first-order valence-corrected chi connectivity index (χ1v) is 10.1. The minimum atomic E-state index is -0.872. The van der Waals surface area contributed by atoms with Gasteiger partial charge in [-0.25, -0.2) is 0 Å². The molecule has 8 heteroatoms. The molecule has 1 N–H and O–H groups in total. The molecule has 1 unspecified atom stereocenters. The Kier molecular flexibility index (Phi) is 7.02. The van der Waals surface area contributed by atoms with Crippen LogP contribution in [0, 0.1) is 0 Å². The van der Waals surface area contributed by atoms with Gasteiger partial charge in [-0.2, -0.15) is 0 Å². The van der Waals surface area contributed by atoms with Crippen LogP contribution in [0.3, 0.4) is 0 Å². The van der Waals surface area contributed by atoms with Crippen LogP contribution in [0.15, 0.2) is 46.6 Å². The fourth-order valence-corrected chi connectivity index (χ4v) is 3.63. The van der Waals surface area contributed by atoms with E-state index >= 15 is 0 Å². The molecule has 1 fully saturated rings. The van der Waals surface area contributed by atoms with Crippen LogP contribution in [-0.4, -0.2) is 55.2 Å². The predicted molar refractivity (Wildman–Crippen MR) is 113 cm³/mol. The Bertz CT molecular complexity index is 940. The van der Waals surface area contributed by atoms with E-state index in [0.717, 1.165) is 0 Å². The van der Waals surface area contributed by atoms with Gasteiger partial charge in [-0.05, 0) is 44.5 Å². The van der Waals surface area contributed by atoms with Crippen molar-refractivity contribution in [3.63, 3.8) is 0 Å². The number of likely N-dealkylation sites (tertiary alicyclic amines) is 1. The van der Waals surface area contributed by atoms with Gasteiger partial charge < -0.3 is 28.6 Å². The number of benzene rings is 1. The lowest BCUT2D eigenvalue weighted by Crippen LogP contribution is -2.31. The van der Waals surface area contributed by atoms with Crippen molar-refractivity contribution in [1.82, 2.24) is 4.90 Å². The summed E-state index contributed by atoms with van der Waals surface area (Å²) in [6.07, 6.45) is 2.05. The molecule has 31 heavy (non-hydrogen) atoms. The largest absolute Gasteiger partial charge is 0.506 e. The summed E-state index contributed by atoms with van der Waals surface area (Å²) >= 11 is 0.